The van der Waals surface area contributed by atoms with Gasteiger partial charge in [0.25, 0.3) is 0 Å². The van der Waals surface area contributed by atoms with Crippen LogP contribution in [0.4, 0.5) is 47.3 Å². The van der Waals surface area contributed by atoms with Gasteiger partial charge in [0.05, 0.1) is 23.2 Å². The number of amides is 4. The molecule has 1 radical (unpaired) electrons. The molecule has 4 aromatic carbocycles. The van der Waals surface area contributed by atoms with E-state index < -0.39 is 46.4 Å². The Morgan fingerprint density at radius 3 is 1.24 bits per heavy atom. The number of anilines is 2. The fraction of sp³-hybridized carbons (Fsp3) is 0.391. The number of alkyl halides is 6. The van der Waals surface area contributed by atoms with Gasteiger partial charge in [-0.1, -0.05) is 78.0 Å². The SMILES string of the molecule is CC(C)(C)c1cc(CNC(=O)Nc2ccc(C(F)(F)F)cc2)cc(C=N[C@@H]2CCCC[C@H]2N=Cc2cc(CNC(=O)Nc3ccc(C(F)(F)F)cc3)cc(C(C)(C)C)c2[O-])c1[O-].[Co+2]. The van der Waals surface area contributed by atoms with E-state index in [0.717, 1.165) is 61.4 Å². The summed E-state index contributed by atoms with van der Waals surface area (Å²) in [6.45, 7) is 11.4. The van der Waals surface area contributed by atoms with Gasteiger partial charge in [0.2, 0.25) is 0 Å². The van der Waals surface area contributed by atoms with Gasteiger partial charge in [0, 0.05) is 36.9 Å². The molecule has 4 amide bonds. The van der Waals surface area contributed by atoms with Crippen LogP contribution >= 0.6 is 0 Å². The van der Waals surface area contributed by atoms with Gasteiger partial charge in [-0.15, -0.1) is 0 Å². The molecule has 0 saturated heterocycles. The molecule has 4 aromatic rings. The summed E-state index contributed by atoms with van der Waals surface area (Å²) in [6.07, 6.45) is -2.85. The topological polar surface area (TPSA) is 153 Å². The minimum atomic E-state index is -4.51. The van der Waals surface area contributed by atoms with Crippen LogP contribution in [0.25, 0.3) is 0 Å². The fourth-order valence-electron chi connectivity index (χ4n) is 6.93. The summed E-state index contributed by atoms with van der Waals surface area (Å²) in [6, 6.07) is 12.9. The van der Waals surface area contributed by atoms with E-state index in [9.17, 15) is 46.1 Å². The first kappa shape index (κ1) is 50.1. The van der Waals surface area contributed by atoms with Crippen molar-refractivity contribution in [3.8, 4) is 11.5 Å². The number of benzene rings is 4. The third-order valence-corrected chi connectivity index (χ3v) is 10.3. The fourth-order valence-corrected chi connectivity index (χ4v) is 6.93. The second kappa shape index (κ2) is 20.3. The maximum atomic E-state index is 13.7. The molecule has 4 N–H and O–H groups in total. The second-order valence-corrected chi connectivity index (χ2v) is 17.4. The first-order valence-corrected chi connectivity index (χ1v) is 20.1. The zero-order valence-electron chi connectivity index (χ0n) is 35.6. The number of aliphatic imine (C=N–C) groups is 2. The van der Waals surface area contributed by atoms with Gasteiger partial charge in [-0.05, 0) is 118 Å². The molecule has 0 unspecified atom stereocenters. The van der Waals surface area contributed by atoms with Crippen LogP contribution in [0, 0.1) is 0 Å². The number of halogens is 6. The summed E-state index contributed by atoms with van der Waals surface area (Å²) in [5.41, 5.74) is 0.399. The number of nitrogens with zero attached hydrogens (tertiary/aromatic N) is 2. The summed E-state index contributed by atoms with van der Waals surface area (Å²) in [4.78, 5) is 35.0. The van der Waals surface area contributed by atoms with Crippen LogP contribution in [0.5, 0.6) is 11.5 Å². The van der Waals surface area contributed by atoms with Gasteiger partial charge < -0.3 is 31.5 Å². The molecular weight excluding hydrogens is 873 g/mol. The van der Waals surface area contributed by atoms with Crippen molar-refractivity contribution in [3.05, 3.63) is 117 Å². The monoisotopic (exact) mass is 923 g/mol. The molecule has 0 heterocycles. The first-order valence-electron chi connectivity index (χ1n) is 20.1. The molecule has 0 aromatic heterocycles. The van der Waals surface area contributed by atoms with Crippen LogP contribution in [0.3, 0.4) is 0 Å². The van der Waals surface area contributed by atoms with E-state index in [2.05, 4.69) is 21.3 Å². The standard InChI is InChI=1S/C46H52F6N6O4.Co/c1-43(2,3)35-21-27(23-55-41(61)57-33-15-11-31(12-16-33)45(47,48)49)19-29(39(35)59)25-53-37-9-7-8-10-38(37)54-26-30-20-28(22-36(40(30)60)44(4,5)6)24-56-42(62)58-34-17-13-32(14-18-34)46(50,51)52;/h11-22,25-26,37-38,59-60H,7-10,23-24H2,1-6H3,(H2,55,57,61)(H2,56,58,62);/q;+2/p-2/t37-,38-;/m1./s1. The predicted octanol–water partition coefficient (Wildman–Crippen LogP) is 9.96. The Bertz CT molecular complexity index is 2120. The van der Waals surface area contributed by atoms with Crippen molar-refractivity contribution >= 4 is 35.9 Å². The average molecular weight is 924 g/mol. The van der Waals surface area contributed by atoms with E-state index in [4.69, 9.17) is 9.98 Å². The zero-order valence-corrected chi connectivity index (χ0v) is 36.6. The molecule has 1 fully saturated rings. The van der Waals surface area contributed by atoms with Gasteiger partial charge in [-0.2, -0.15) is 26.3 Å². The number of carbonyl (C=O) groups excluding carboxylic acids is 2. The van der Waals surface area contributed by atoms with Crippen molar-refractivity contribution in [2.45, 2.75) is 116 Å². The second-order valence-electron chi connectivity index (χ2n) is 17.4. The molecule has 1 saturated carbocycles. The normalized spacial score (nSPS) is 16.1. The maximum Gasteiger partial charge on any atom is 2.00 e. The van der Waals surface area contributed by atoms with Crippen molar-refractivity contribution in [1.29, 1.82) is 0 Å². The number of hydrogen-bond acceptors (Lipinski definition) is 6. The molecule has 5 rings (SSSR count). The van der Waals surface area contributed by atoms with Crippen LogP contribution in [-0.4, -0.2) is 36.6 Å². The zero-order chi connectivity index (χ0) is 45.6. The third kappa shape index (κ3) is 14.0. The minimum absolute atomic E-state index is 0. The Balaban J connectivity index is 0.00000871. The van der Waals surface area contributed by atoms with E-state index in [-0.39, 0.29) is 64.8 Å². The van der Waals surface area contributed by atoms with Crippen LogP contribution in [0.2, 0.25) is 0 Å². The van der Waals surface area contributed by atoms with E-state index in [0.29, 0.717) is 46.2 Å². The quantitative estimate of drug-likeness (QED) is 0.0924. The predicted molar refractivity (Wildman–Crippen MR) is 225 cm³/mol. The molecule has 0 bridgehead atoms. The van der Waals surface area contributed by atoms with Gasteiger partial charge in [-0.25, -0.2) is 9.59 Å². The minimum Gasteiger partial charge on any atom is -0.872 e. The molecule has 339 valence electrons. The maximum absolute atomic E-state index is 13.7. The molecule has 17 heteroatoms. The summed E-state index contributed by atoms with van der Waals surface area (Å²) >= 11 is 0. The van der Waals surface area contributed by atoms with Crippen molar-refractivity contribution in [2.24, 2.45) is 9.98 Å². The molecule has 0 spiro atoms. The Hall–Kier alpha value is -5.55. The van der Waals surface area contributed by atoms with Gasteiger partial charge in [0.1, 0.15) is 0 Å². The molecular formula is C46H50CoF6N6O4. The van der Waals surface area contributed by atoms with Crippen LogP contribution < -0.4 is 31.5 Å². The van der Waals surface area contributed by atoms with Crippen molar-refractivity contribution in [3.63, 3.8) is 0 Å². The molecule has 1 aliphatic rings. The van der Waals surface area contributed by atoms with E-state index >= 15 is 0 Å². The summed E-state index contributed by atoms with van der Waals surface area (Å²) in [5.74, 6) is -0.446. The molecule has 2 atom stereocenters. The third-order valence-electron chi connectivity index (χ3n) is 10.3. The van der Waals surface area contributed by atoms with Gasteiger partial charge >= 0.3 is 41.2 Å². The van der Waals surface area contributed by atoms with Crippen LogP contribution in [0.1, 0.15) is 112 Å². The van der Waals surface area contributed by atoms with Gasteiger partial charge in [-0.3, -0.25) is 9.98 Å². The van der Waals surface area contributed by atoms with Crippen molar-refractivity contribution < 1.29 is 62.9 Å². The summed E-state index contributed by atoms with van der Waals surface area (Å²) in [5, 5.41) is 37.9. The van der Waals surface area contributed by atoms with Gasteiger partial charge in [0.15, 0.2) is 0 Å². The Morgan fingerprint density at radius 1 is 0.603 bits per heavy atom. The first-order chi connectivity index (χ1) is 28.9. The number of urea groups is 2. The largest absolute Gasteiger partial charge is 2.00 e. The summed E-state index contributed by atoms with van der Waals surface area (Å²) in [7, 11) is 0. The summed E-state index contributed by atoms with van der Waals surface area (Å²) < 4.78 is 77.7. The number of rotatable bonds is 10. The van der Waals surface area contributed by atoms with Crippen LogP contribution in [-0.2, 0) is 53.1 Å². The Morgan fingerprint density at radius 2 is 0.937 bits per heavy atom. The Kier molecular flexibility index (Phi) is 16.1. The number of hydrogen-bond donors (Lipinski definition) is 4. The van der Waals surface area contributed by atoms with Crippen LogP contribution in [0.15, 0.2) is 82.8 Å². The van der Waals surface area contributed by atoms with Crippen molar-refractivity contribution in [2.75, 3.05) is 10.6 Å². The number of nitrogens with one attached hydrogen (secondary N) is 4. The molecule has 1 aliphatic carbocycles. The molecule has 10 nitrogen and oxygen atoms in total. The smallest absolute Gasteiger partial charge is 0.872 e. The van der Waals surface area contributed by atoms with Crippen molar-refractivity contribution in [1.82, 2.24) is 10.6 Å². The molecule has 0 aliphatic heterocycles. The molecule has 63 heavy (non-hydrogen) atoms. The average Bonchev–Trinajstić information content (AvgIpc) is 3.18. The number of carbonyl (C=O) groups is 2. The van der Waals surface area contributed by atoms with E-state index in [1.165, 1.54) is 12.4 Å². The van der Waals surface area contributed by atoms with E-state index in [1.807, 2.05) is 41.5 Å². The van der Waals surface area contributed by atoms with E-state index in [1.54, 1.807) is 24.3 Å². The Labute approximate surface area is 373 Å².